The predicted octanol–water partition coefficient (Wildman–Crippen LogP) is 3.13. The van der Waals surface area contributed by atoms with Crippen LogP contribution in [-0.2, 0) is 5.75 Å². The third-order valence-corrected chi connectivity index (χ3v) is 4.24. The highest BCUT2D eigenvalue weighted by Gasteiger charge is 2.09. The van der Waals surface area contributed by atoms with Gasteiger partial charge < -0.3 is 15.7 Å². The Bertz CT molecular complexity index is 664. The van der Waals surface area contributed by atoms with Gasteiger partial charge in [-0.1, -0.05) is 22.8 Å². The van der Waals surface area contributed by atoms with E-state index in [1.807, 2.05) is 12.1 Å². The number of oxime groups is 1. The minimum absolute atomic E-state index is 0.0128. The number of benzene rings is 1. The number of nitrogens with two attached hydrogens (primary N) is 1. The molecule has 0 fully saturated rings. The van der Waals surface area contributed by atoms with Gasteiger partial charge in [0, 0.05) is 11.9 Å². The Kier molecular flexibility index (Phi) is 5.30. The average Bonchev–Trinajstić information content (AvgIpc) is 2.53. The van der Waals surface area contributed by atoms with Crippen LogP contribution in [0.1, 0.15) is 11.1 Å². The van der Waals surface area contributed by atoms with Gasteiger partial charge in [-0.25, -0.2) is 4.98 Å². The van der Waals surface area contributed by atoms with Crippen LogP contribution in [0.4, 0.5) is 0 Å². The molecule has 0 aliphatic carbocycles. The van der Waals surface area contributed by atoms with Crippen molar-refractivity contribution in [3.05, 3.63) is 52.7 Å². The first-order valence-electron chi connectivity index (χ1n) is 6.04. The van der Waals surface area contributed by atoms with Crippen LogP contribution in [0.5, 0.6) is 5.75 Å². The highest BCUT2D eigenvalue weighted by molar-refractivity contribution is 7.98. The van der Waals surface area contributed by atoms with Crippen molar-refractivity contribution in [1.29, 1.82) is 0 Å². The molecule has 0 saturated carbocycles. The molecule has 0 spiro atoms. The summed E-state index contributed by atoms with van der Waals surface area (Å²) in [6.07, 6.45) is 1.70. The highest BCUT2D eigenvalue weighted by atomic mass is 35.5. The predicted molar refractivity (Wildman–Crippen MR) is 84.3 cm³/mol. The topological polar surface area (TPSA) is 80.7 Å². The number of rotatable bonds is 5. The number of hydrogen-bond donors (Lipinski definition) is 2. The quantitative estimate of drug-likeness (QED) is 0.290. The van der Waals surface area contributed by atoms with Crippen LogP contribution < -0.4 is 10.5 Å². The van der Waals surface area contributed by atoms with Crippen molar-refractivity contribution < 1.29 is 9.94 Å². The lowest BCUT2D eigenvalue weighted by atomic mass is 10.1. The van der Waals surface area contributed by atoms with E-state index >= 15 is 0 Å². The van der Waals surface area contributed by atoms with Gasteiger partial charge in [0.25, 0.3) is 0 Å². The van der Waals surface area contributed by atoms with Gasteiger partial charge in [0.15, 0.2) is 5.84 Å². The van der Waals surface area contributed by atoms with E-state index in [4.69, 9.17) is 27.3 Å². The summed E-state index contributed by atoms with van der Waals surface area (Å²) in [5.74, 6) is 1.25. The molecule has 2 aromatic rings. The molecule has 1 aromatic heterocycles. The van der Waals surface area contributed by atoms with Crippen LogP contribution in [0.2, 0.25) is 5.02 Å². The van der Waals surface area contributed by atoms with Gasteiger partial charge in [-0.2, -0.15) is 0 Å². The number of pyridine rings is 1. The van der Waals surface area contributed by atoms with Gasteiger partial charge in [-0.3, -0.25) is 0 Å². The summed E-state index contributed by atoms with van der Waals surface area (Å²) >= 11 is 7.60. The summed E-state index contributed by atoms with van der Waals surface area (Å²) in [7, 11) is 1.54. The summed E-state index contributed by atoms with van der Waals surface area (Å²) in [6.45, 7) is 0. The van der Waals surface area contributed by atoms with Crippen molar-refractivity contribution in [3.8, 4) is 5.75 Å². The Balaban J connectivity index is 2.17. The number of methoxy groups -OCH3 is 1. The molecule has 0 aliphatic heterocycles. The zero-order valence-electron chi connectivity index (χ0n) is 11.3. The van der Waals surface area contributed by atoms with E-state index in [0.29, 0.717) is 22.1 Å². The lowest BCUT2D eigenvalue weighted by molar-refractivity contribution is 0.318. The van der Waals surface area contributed by atoms with Crippen LogP contribution in [0.3, 0.4) is 0 Å². The largest absolute Gasteiger partial charge is 0.496 e. The second kappa shape index (κ2) is 7.19. The molecule has 21 heavy (non-hydrogen) atoms. The second-order valence-corrected chi connectivity index (χ2v) is 5.47. The molecule has 0 unspecified atom stereocenters. The lowest BCUT2D eigenvalue weighted by Crippen LogP contribution is -2.14. The molecular weight excluding hydrogens is 310 g/mol. The number of thioether (sulfide) groups is 1. The highest BCUT2D eigenvalue weighted by Crippen LogP contribution is 2.29. The zero-order valence-corrected chi connectivity index (χ0v) is 12.9. The Morgan fingerprint density at radius 3 is 2.95 bits per heavy atom. The summed E-state index contributed by atoms with van der Waals surface area (Å²) < 4.78 is 5.26. The minimum atomic E-state index is 0.0128. The van der Waals surface area contributed by atoms with Crippen LogP contribution in [0.15, 0.2) is 46.7 Å². The minimum Gasteiger partial charge on any atom is -0.496 e. The number of amidine groups is 1. The Morgan fingerprint density at radius 2 is 2.29 bits per heavy atom. The Hall–Kier alpha value is -1.92. The molecule has 3 N–H and O–H groups in total. The maximum atomic E-state index is 8.74. The first-order chi connectivity index (χ1) is 10.2. The second-order valence-electron chi connectivity index (χ2n) is 4.10. The number of hydrogen-bond acceptors (Lipinski definition) is 5. The van der Waals surface area contributed by atoms with E-state index in [1.54, 1.807) is 24.4 Å². The van der Waals surface area contributed by atoms with E-state index in [1.165, 1.54) is 18.9 Å². The maximum absolute atomic E-state index is 8.74. The van der Waals surface area contributed by atoms with Crippen LogP contribution in [0.25, 0.3) is 0 Å². The molecule has 0 radical (unpaired) electrons. The van der Waals surface area contributed by atoms with Crippen molar-refractivity contribution in [3.63, 3.8) is 0 Å². The number of nitrogens with zero attached hydrogens (tertiary/aromatic N) is 2. The molecular formula is C14H14ClN3O2S. The van der Waals surface area contributed by atoms with Gasteiger partial charge in [0.1, 0.15) is 10.8 Å². The lowest BCUT2D eigenvalue weighted by Gasteiger charge is -2.09. The molecule has 110 valence electrons. The normalized spacial score (nSPS) is 11.4. The van der Waals surface area contributed by atoms with Gasteiger partial charge in [0.05, 0.1) is 17.7 Å². The molecule has 0 saturated heterocycles. The third kappa shape index (κ3) is 3.80. The average molecular weight is 324 g/mol. The summed E-state index contributed by atoms with van der Waals surface area (Å²) in [5, 5.41) is 13.1. The van der Waals surface area contributed by atoms with E-state index in [-0.39, 0.29) is 5.84 Å². The van der Waals surface area contributed by atoms with Crippen molar-refractivity contribution in [2.24, 2.45) is 10.9 Å². The van der Waals surface area contributed by atoms with E-state index < -0.39 is 0 Å². The van der Waals surface area contributed by atoms with Crippen molar-refractivity contribution in [1.82, 2.24) is 4.98 Å². The van der Waals surface area contributed by atoms with E-state index in [9.17, 15) is 0 Å². The van der Waals surface area contributed by atoms with Crippen LogP contribution in [0, 0.1) is 0 Å². The van der Waals surface area contributed by atoms with Gasteiger partial charge in [-0.15, -0.1) is 11.8 Å². The van der Waals surface area contributed by atoms with Gasteiger partial charge in [-0.05, 0) is 29.8 Å². The van der Waals surface area contributed by atoms with Crippen molar-refractivity contribution >= 4 is 29.2 Å². The molecule has 7 heteroatoms. The Morgan fingerprint density at radius 1 is 1.48 bits per heavy atom. The Labute approximate surface area is 131 Å². The maximum Gasteiger partial charge on any atom is 0.173 e. The number of aromatic nitrogens is 1. The SMILES string of the molecule is COc1cc(CSc2ncccc2Cl)ccc1/C(N)=N/O. The number of ether oxygens (including phenoxy) is 1. The first kappa shape index (κ1) is 15.5. The van der Waals surface area contributed by atoms with Gasteiger partial charge in [0.2, 0.25) is 0 Å². The standard InChI is InChI=1S/C14H14ClN3O2S/c1-20-12-7-9(4-5-10(12)13(16)18-19)8-21-14-11(15)3-2-6-17-14/h2-7,19H,8H2,1H3,(H2,16,18). The molecule has 1 aromatic carbocycles. The van der Waals surface area contributed by atoms with Crippen LogP contribution >= 0.6 is 23.4 Å². The van der Waals surface area contributed by atoms with Gasteiger partial charge >= 0.3 is 0 Å². The molecule has 0 aliphatic rings. The van der Waals surface area contributed by atoms with E-state index in [0.717, 1.165) is 10.6 Å². The molecule has 0 bridgehead atoms. The summed E-state index contributed by atoms with van der Waals surface area (Å²) in [4.78, 5) is 4.22. The molecule has 0 amide bonds. The molecule has 1 heterocycles. The molecule has 2 rings (SSSR count). The molecule has 0 atom stereocenters. The zero-order chi connectivity index (χ0) is 15.2. The smallest absolute Gasteiger partial charge is 0.173 e. The first-order valence-corrected chi connectivity index (χ1v) is 7.40. The third-order valence-electron chi connectivity index (χ3n) is 2.75. The fraction of sp³-hybridized carbons (Fsp3) is 0.143. The van der Waals surface area contributed by atoms with Crippen molar-refractivity contribution in [2.45, 2.75) is 10.8 Å². The van der Waals surface area contributed by atoms with Crippen molar-refractivity contribution in [2.75, 3.05) is 7.11 Å². The summed E-state index contributed by atoms with van der Waals surface area (Å²) in [5.41, 5.74) is 7.16. The monoisotopic (exact) mass is 323 g/mol. The fourth-order valence-electron chi connectivity index (χ4n) is 1.72. The fourth-order valence-corrected chi connectivity index (χ4v) is 2.83. The number of halogens is 1. The van der Waals surface area contributed by atoms with E-state index in [2.05, 4.69) is 10.1 Å². The molecule has 5 nitrogen and oxygen atoms in total. The summed E-state index contributed by atoms with van der Waals surface area (Å²) in [6, 6.07) is 9.08. The van der Waals surface area contributed by atoms with Crippen LogP contribution in [-0.4, -0.2) is 23.1 Å².